The van der Waals surface area contributed by atoms with E-state index in [1.807, 2.05) is 4.90 Å². The molecule has 1 aromatic heterocycles. The van der Waals surface area contributed by atoms with Crippen LogP contribution in [0.1, 0.15) is 75.6 Å². The van der Waals surface area contributed by atoms with E-state index >= 15 is 0 Å². The third-order valence-corrected chi connectivity index (χ3v) is 9.73. The summed E-state index contributed by atoms with van der Waals surface area (Å²) in [7, 11) is -3.82. The average molecular weight is 494 g/mol. The minimum atomic E-state index is -3.82. The van der Waals surface area contributed by atoms with Crippen molar-refractivity contribution in [2.75, 3.05) is 26.2 Å². The largest absolute Gasteiger partial charge is 0.353 e. The number of carbonyl (C=O) groups is 2. The highest BCUT2D eigenvalue weighted by molar-refractivity contribution is 7.89. The number of nitrogens with one attached hydrogen (secondary N) is 1. The first-order chi connectivity index (χ1) is 16.3. The van der Waals surface area contributed by atoms with Crippen molar-refractivity contribution in [3.63, 3.8) is 0 Å². The van der Waals surface area contributed by atoms with Gasteiger partial charge >= 0.3 is 0 Å². The van der Waals surface area contributed by atoms with Gasteiger partial charge in [0.05, 0.1) is 17.3 Å². The highest BCUT2D eigenvalue weighted by atomic mass is 32.2. The van der Waals surface area contributed by atoms with Gasteiger partial charge < -0.3 is 10.2 Å². The number of piperidine rings is 1. The number of sulfonamides is 1. The van der Waals surface area contributed by atoms with Gasteiger partial charge in [-0.15, -0.1) is 0 Å². The number of hydrogen-bond donors (Lipinski definition) is 1. The number of aryl methyl sites for hydroxylation is 1. The SMILES string of the molecule is Cc1nn(CC(=O)N2CCCC2)c(C)c1S(=O)(=O)N1CCCC(C(=O)NC2CCCCCC2)C1. The molecule has 1 atom stereocenters. The molecule has 1 saturated carbocycles. The lowest BCUT2D eigenvalue weighted by molar-refractivity contribution is -0.131. The summed E-state index contributed by atoms with van der Waals surface area (Å²) in [5, 5.41) is 7.60. The number of hydrogen-bond acceptors (Lipinski definition) is 5. The topological polar surface area (TPSA) is 105 Å². The quantitative estimate of drug-likeness (QED) is 0.613. The van der Waals surface area contributed by atoms with Gasteiger partial charge in [-0.3, -0.25) is 14.3 Å². The van der Waals surface area contributed by atoms with E-state index in [2.05, 4.69) is 10.4 Å². The zero-order chi connectivity index (χ0) is 24.3. The number of nitrogens with zero attached hydrogens (tertiary/aromatic N) is 4. The van der Waals surface area contributed by atoms with Crippen LogP contribution in [0.4, 0.5) is 0 Å². The summed E-state index contributed by atoms with van der Waals surface area (Å²) >= 11 is 0. The Balaban J connectivity index is 1.45. The number of carbonyl (C=O) groups excluding carboxylic acids is 2. The summed E-state index contributed by atoms with van der Waals surface area (Å²) in [6.07, 6.45) is 10.1. The van der Waals surface area contributed by atoms with Gasteiger partial charge in [0.1, 0.15) is 11.4 Å². The van der Waals surface area contributed by atoms with E-state index in [0.29, 0.717) is 30.8 Å². The fraction of sp³-hybridized carbons (Fsp3) is 0.792. The predicted octanol–water partition coefficient (Wildman–Crippen LogP) is 2.36. The monoisotopic (exact) mass is 493 g/mol. The van der Waals surface area contributed by atoms with Crippen LogP contribution < -0.4 is 5.32 Å². The maximum atomic E-state index is 13.6. The Morgan fingerprint density at radius 2 is 1.62 bits per heavy atom. The lowest BCUT2D eigenvalue weighted by atomic mass is 9.97. The van der Waals surface area contributed by atoms with E-state index in [4.69, 9.17) is 0 Å². The molecule has 190 valence electrons. The van der Waals surface area contributed by atoms with Crippen molar-refractivity contribution in [1.82, 2.24) is 24.3 Å². The zero-order valence-electron chi connectivity index (χ0n) is 20.6. The Morgan fingerprint density at radius 1 is 0.941 bits per heavy atom. The number of rotatable bonds is 6. The lowest BCUT2D eigenvalue weighted by Gasteiger charge is -2.32. The molecule has 0 bridgehead atoms. The molecule has 2 saturated heterocycles. The minimum absolute atomic E-state index is 0.0212. The Kier molecular flexibility index (Phi) is 7.97. The van der Waals surface area contributed by atoms with Crippen molar-refractivity contribution in [2.45, 2.75) is 95.5 Å². The number of likely N-dealkylation sites (tertiary alicyclic amines) is 1. The van der Waals surface area contributed by atoms with E-state index in [-0.39, 0.29) is 41.8 Å². The van der Waals surface area contributed by atoms with E-state index in [0.717, 1.165) is 51.6 Å². The van der Waals surface area contributed by atoms with E-state index in [1.54, 1.807) is 13.8 Å². The summed E-state index contributed by atoms with van der Waals surface area (Å²) in [6, 6.07) is 0.206. The molecule has 9 nitrogen and oxygen atoms in total. The van der Waals surface area contributed by atoms with Gasteiger partial charge in [-0.1, -0.05) is 25.7 Å². The fourth-order valence-electron chi connectivity index (χ4n) is 5.65. The Labute approximate surface area is 203 Å². The van der Waals surface area contributed by atoms with Crippen LogP contribution in [-0.2, 0) is 26.2 Å². The van der Waals surface area contributed by atoms with Gasteiger partial charge in [-0.25, -0.2) is 8.42 Å². The fourth-order valence-corrected chi connectivity index (χ4v) is 7.55. The molecule has 2 amide bonds. The molecule has 10 heteroatoms. The molecule has 3 fully saturated rings. The van der Waals surface area contributed by atoms with Crippen molar-refractivity contribution in [2.24, 2.45) is 5.92 Å². The molecule has 0 spiro atoms. The van der Waals surface area contributed by atoms with E-state index in [1.165, 1.54) is 21.8 Å². The normalized spacial score (nSPS) is 23.1. The Hall–Kier alpha value is -1.94. The molecule has 1 N–H and O–H groups in total. The molecule has 3 aliphatic rings. The van der Waals surface area contributed by atoms with Crippen LogP contribution in [0.2, 0.25) is 0 Å². The van der Waals surface area contributed by atoms with Gasteiger partial charge in [0.2, 0.25) is 21.8 Å². The minimum Gasteiger partial charge on any atom is -0.353 e. The van der Waals surface area contributed by atoms with Crippen molar-refractivity contribution >= 4 is 21.8 Å². The standard InChI is InChI=1S/C24H39N5O4S/c1-18-23(19(2)29(26-18)17-22(30)27-13-7-8-14-27)34(32,33)28-15-9-10-20(16-28)24(31)25-21-11-5-3-4-6-12-21/h20-21H,3-17H2,1-2H3,(H,25,31). The first-order valence-corrected chi connectivity index (χ1v) is 14.3. The highest BCUT2D eigenvalue weighted by Crippen LogP contribution is 2.28. The second kappa shape index (κ2) is 10.8. The second-order valence-electron chi connectivity index (χ2n) is 10.1. The highest BCUT2D eigenvalue weighted by Gasteiger charge is 2.37. The smallest absolute Gasteiger partial charge is 0.246 e. The molecule has 3 heterocycles. The van der Waals surface area contributed by atoms with Crippen LogP contribution in [0.15, 0.2) is 4.90 Å². The first-order valence-electron chi connectivity index (χ1n) is 12.9. The molecule has 1 unspecified atom stereocenters. The molecular formula is C24H39N5O4S. The molecule has 1 aliphatic carbocycles. The molecule has 0 aromatic carbocycles. The van der Waals surface area contributed by atoms with Crippen LogP contribution in [0.5, 0.6) is 0 Å². The van der Waals surface area contributed by atoms with Crippen LogP contribution in [0, 0.1) is 19.8 Å². The zero-order valence-corrected chi connectivity index (χ0v) is 21.4. The van der Waals surface area contributed by atoms with Gasteiger partial charge in [-0.05, 0) is 52.4 Å². The van der Waals surface area contributed by atoms with Gasteiger partial charge in [0.15, 0.2) is 0 Å². The van der Waals surface area contributed by atoms with E-state index < -0.39 is 10.0 Å². The second-order valence-corrected chi connectivity index (χ2v) is 12.0. The summed E-state index contributed by atoms with van der Waals surface area (Å²) < 4.78 is 30.2. The van der Waals surface area contributed by atoms with Crippen LogP contribution in [0.25, 0.3) is 0 Å². The van der Waals surface area contributed by atoms with Crippen molar-refractivity contribution in [3.05, 3.63) is 11.4 Å². The molecule has 4 rings (SSSR count). The predicted molar refractivity (Wildman–Crippen MR) is 129 cm³/mol. The first kappa shape index (κ1) is 25.2. The third kappa shape index (κ3) is 5.48. The average Bonchev–Trinajstić information content (AvgIpc) is 3.36. The molecular weight excluding hydrogens is 454 g/mol. The molecule has 2 aliphatic heterocycles. The van der Waals surface area contributed by atoms with Gasteiger partial charge in [0, 0.05) is 32.2 Å². The number of aromatic nitrogens is 2. The summed E-state index contributed by atoms with van der Waals surface area (Å²) in [5.41, 5.74) is 0.881. The summed E-state index contributed by atoms with van der Waals surface area (Å²) in [4.78, 5) is 27.6. The molecule has 1 aromatic rings. The van der Waals surface area contributed by atoms with Crippen molar-refractivity contribution in [1.29, 1.82) is 0 Å². The van der Waals surface area contributed by atoms with Crippen LogP contribution >= 0.6 is 0 Å². The van der Waals surface area contributed by atoms with Crippen LogP contribution in [0.3, 0.4) is 0 Å². The summed E-state index contributed by atoms with van der Waals surface area (Å²) in [5.74, 6) is -0.383. The maximum Gasteiger partial charge on any atom is 0.246 e. The summed E-state index contributed by atoms with van der Waals surface area (Å²) in [6.45, 7) is 5.53. The Morgan fingerprint density at radius 3 is 2.29 bits per heavy atom. The van der Waals surface area contributed by atoms with Crippen molar-refractivity contribution in [3.8, 4) is 0 Å². The van der Waals surface area contributed by atoms with Crippen LogP contribution in [-0.4, -0.2) is 71.4 Å². The van der Waals surface area contributed by atoms with Gasteiger partial charge in [-0.2, -0.15) is 9.40 Å². The maximum absolute atomic E-state index is 13.6. The molecule has 0 radical (unpaired) electrons. The Bertz CT molecular complexity index is 991. The van der Waals surface area contributed by atoms with Crippen molar-refractivity contribution < 1.29 is 18.0 Å². The third-order valence-electron chi connectivity index (χ3n) is 7.61. The molecule has 34 heavy (non-hydrogen) atoms. The lowest BCUT2D eigenvalue weighted by Crippen LogP contribution is -2.47. The number of amides is 2. The van der Waals surface area contributed by atoms with E-state index in [9.17, 15) is 18.0 Å². The van der Waals surface area contributed by atoms with Gasteiger partial charge in [0.25, 0.3) is 0 Å².